The molecule has 0 unspecified atom stereocenters. The van der Waals surface area contributed by atoms with E-state index in [4.69, 9.17) is 11.6 Å². The molecule has 2 bridgehead atoms. The summed E-state index contributed by atoms with van der Waals surface area (Å²) in [4.78, 5) is 15.5. The minimum atomic E-state index is 0.00946. The Bertz CT molecular complexity index is 524. The minimum Gasteiger partial charge on any atom is -0.348 e. The highest BCUT2D eigenvalue weighted by molar-refractivity contribution is 8.02. The van der Waals surface area contributed by atoms with E-state index in [0.29, 0.717) is 12.0 Å². The number of benzene rings is 1. The van der Waals surface area contributed by atoms with Crippen molar-refractivity contribution < 1.29 is 4.79 Å². The van der Waals surface area contributed by atoms with Crippen molar-refractivity contribution in [2.45, 2.75) is 23.8 Å². The summed E-state index contributed by atoms with van der Waals surface area (Å²) in [6.45, 7) is 3.40. The number of amides is 1. The number of fused-ring (bicyclic) bond motifs is 3. The van der Waals surface area contributed by atoms with Gasteiger partial charge in [0.1, 0.15) is 0 Å². The van der Waals surface area contributed by atoms with E-state index in [1.165, 1.54) is 37.7 Å². The fourth-order valence-electron chi connectivity index (χ4n) is 3.05. The minimum absolute atomic E-state index is 0.00946. The monoisotopic (exact) mass is 322 g/mol. The van der Waals surface area contributed by atoms with E-state index in [0.717, 1.165) is 16.5 Å². The number of nitrogens with zero attached hydrogens (tertiary/aromatic N) is 1. The Morgan fingerprint density at radius 3 is 2.62 bits per heavy atom. The van der Waals surface area contributed by atoms with Gasteiger partial charge in [0.05, 0.1) is 0 Å². The zero-order valence-corrected chi connectivity index (χ0v) is 13.4. The van der Waals surface area contributed by atoms with Crippen LogP contribution in [0.25, 0.3) is 0 Å². The topological polar surface area (TPSA) is 32.3 Å². The van der Waals surface area contributed by atoms with Crippen molar-refractivity contribution in [3.05, 3.63) is 40.8 Å². The molecule has 1 aromatic rings. The molecule has 4 rings (SSSR count). The molecule has 5 heteroatoms. The molecule has 3 heterocycles. The highest BCUT2D eigenvalue weighted by atomic mass is 35.5. The number of rotatable bonds is 4. The molecule has 1 aromatic carbocycles. The SMILES string of the molecule is O=C(C=CSc1ccc(Cl)cc1)N[C@H]1CN2CCC1CC2. The molecule has 1 atom stereocenters. The van der Waals surface area contributed by atoms with Gasteiger partial charge in [0, 0.05) is 28.6 Å². The lowest BCUT2D eigenvalue weighted by Crippen LogP contribution is -2.57. The van der Waals surface area contributed by atoms with E-state index >= 15 is 0 Å². The maximum absolute atomic E-state index is 12.0. The zero-order valence-electron chi connectivity index (χ0n) is 11.8. The number of hydrogen-bond acceptors (Lipinski definition) is 3. The van der Waals surface area contributed by atoms with Crippen LogP contribution in [0.15, 0.2) is 40.6 Å². The second-order valence-electron chi connectivity index (χ2n) is 5.63. The molecular weight excluding hydrogens is 304 g/mol. The fraction of sp³-hybridized carbons (Fsp3) is 0.438. The normalized spacial score (nSPS) is 28.0. The van der Waals surface area contributed by atoms with E-state index in [9.17, 15) is 4.79 Å². The van der Waals surface area contributed by atoms with Crippen molar-refractivity contribution in [1.29, 1.82) is 0 Å². The highest BCUT2D eigenvalue weighted by Crippen LogP contribution is 2.27. The molecule has 1 N–H and O–H groups in total. The third-order valence-electron chi connectivity index (χ3n) is 4.22. The Morgan fingerprint density at radius 2 is 2.00 bits per heavy atom. The Labute approximate surface area is 134 Å². The molecule has 21 heavy (non-hydrogen) atoms. The quantitative estimate of drug-likeness (QED) is 0.682. The van der Waals surface area contributed by atoms with Gasteiger partial charge < -0.3 is 10.2 Å². The smallest absolute Gasteiger partial charge is 0.244 e. The number of piperidine rings is 3. The van der Waals surface area contributed by atoms with Gasteiger partial charge in [-0.05, 0) is 61.5 Å². The van der Waals surface area contributed by atoms with Crippen molar-refractivity contribution in [3.63, 3.8) is 0 Å². The molecule has 3 aliphatic heterocycles. The van der Waals surface area contributed by atoms with Crippen LogP contribution in [0.2, 0.25) is 5.02 Å². The van der Waals surface area contributed by atoms with E-state index in [-0.39, 0.29) is 5.91 Å². The third kappa shape index (κ3) is 4.02. The number of thioether (sulfide) groups is 1. The van der Waals surface area contributed by atoms with Gasteiger partial charge in [0.25, 0.3) is 0 Å². The van der Waals surface area contributed by atoms with Crippen LogP contribution < -0.4 is 5.32 Å². The molecule has 0 spiro atoms. The Morgan fingerprint density at radius 1 is 1.29 bits per heavy atom. The lowest BCUT2D eigenvalue weighted by atomic mass is 9.84. The standard InChI is InChI=1S/C16H19ClN2OS/c17-13-1-3-14(4-2-13)21-10-7-16(20)18-15-11-19-8-5-12(15)6-9-19/h1-4,7,10,12,15H,5-6,8-9,11H2,(H,18,20)/t15-/m0/s1. The van der Waals surface area contributed by atoms with Crippen molar-refractivity contribution in [2.75, 3.05) is 19.6 Å². The fourth-order valence-corrected chi connectivity index (χ4v) is 3.81. The summed E-state index contributed by atoms with van der Waals surface area (Å²) in [6, 6.07) is 7.92. The molecular formula is C16H19ClN2OS. The number of nitrogens with one attached hydrogen (secondary N) is 1. The first-order chi connectivity index (χ1) is 10.2. The lowest BCUT2D eigenvalue weighted by Gasteiger charge is -2.44. The average Bonchev–Trinajstić information content (AvgIpc) is 2.50. The highest BCUT2D eigenvalue weighted by Gasteiger charge is 2.34. The van der Waals surface area contributed by atoms with Gasteiger partial charge in [-0.15, -0.1) is 0 Å². The number of carbonyl (C=O) groups is 1. The van der Waals surface area contributed by atoms with E-state index in [1.54, 1.807) is 6.08 Å². The van der Waals surface area contributed by atoms with Crippen LogP contribution in [0.4, 0.5) is 0 Å². The Hall–Kier alpha value is -0.970. The van der Waals surface area contributed by atoms with Crippen LogP contribution in [0, 0.1) is 5.92 Å². The first-order valence-corrected chi connectivity index (χ1v) is 8.58. The summed E-state index contributed by atoms with van der Waals surface area (Å²) in [5.74, 6) is 0.673. The summed E-state index contributed by atoms with van der Waals surface area (Å²) < 4.78 is 0. The summed E-state index contributed by atoms with van der Waals surface area (Å²) >= 11 is 7.36. The van der Waals surface area contributed by atoms with Gasteiger partial charge in [-0.25, -0.2) is 0 Å². The van der Waals surface area contributed by atoms with Gasteiger partial charge in [0.2, 0.25) is 5.91 Å². The van der Waals surface area contributed by atoms with E-state index in [2.05, 4.69) is 10.2 Å². The molecule has 0 radical (unpaired) electrons. The van der Waals surface area contributed by atoms with Gasteiger partial charge in [-0.2, -0.15) is 0 Å². The first-order valence-electron chi connectivity index (χ1n) is 7.32. The molecule has 0 aliphatic carbocycles. The van der Waals surface area contributed by atoms with Crippen LogP contribution in [0.3, 0.4) is 0 Å². The summed E-state index contributed by atoms with van der Waals surface area (Å²) in [5, 5.41) is 5.70. The van der Waals surface area contributed by atoms with Crippen LogP contribution in [-0.4, -0.2) is 36.5 Å². The van der Waals surface area contributed by atoms with Crippen molar-refractivity contribution in [1.82, 2.24) is 10.2 Å². The van der Waals surface area contributed by atoms with Crippen molar-refractivity contribution in [3.8, 4) is 0 Å². The Kier molecular flexibility index (Phi) is 4.88. The van der Waals surface area contributed by atoms with Crippen molar-refractivity contribution >= 4 is 29.3 Å². The van der Waals surface area contributed by atoms with Crippen molar-refractivity contribution in [2.24, 2.45) is 5.92 Å². The third-order valence-corrected chi connectivity index (χ3v) is 5.29. The van der Waals surface area contributed by atoms with Gasteiger partial charge in [-0.1, -0.05) is 23.4 Å². The number of halogens is 1. The molecule has 0 saturated carbocycles. The average molecular weight is 323 g/mol. The first kappa shape index (κ1) is 14.9. The predicted octanol–water partition coefficient (Wildman–Crippen LogP) is 3.16. The van der Waals surface area contributed by atoms with Gasteiger partial charge >= 0.3 is 0 Å². The van der Waals surface area contributed by atoms with Crippen LogP contribution in [0.5, 0.6) is 0 Å². The molecule has 3 fully saturated rings. The Balaban J connectivity index is 1.47. The molecule has 0 aromatic heterocycles. The number of carbonyl (C=O) groups excluding carboxylic acids is 1. The summed E-state index contributed by atoms with van der Waals surface area (Å²) in [7, 11) is 0. The largest absolute Gasteiger partial charge is 0.348 e. The second-order valence-corrected chi connectivity index (χ2v) is 7.04. The van der Waals surface area contributed by atoms with Crippen LogP contribution in [0.1, 0.15) is 12.8 Å². The maximum atomic E-state index is 12.0. The summed E-state index contributed by atoms with van der Waals surface area (Å²) in [6.07, 6.45) is 4.05. The molecule has 3 nitrogen and oxygen atoms in total. The van der Waals surface area contributed by atoms with Crippen LogP contribution in [-0.2, 0) is 4.79 Å². The molecule has 1 amide bonds. The lowest BCUT2D eigenvalue weighted by molar-refractivity contribution is -0.118. The zero-order chi connectivity index (χ0) is 14.7. The van der Waals surface area contributed by atoms with E-state index in [1.807, 2.05) is 29.7 Å². The molecule has 3 saturated heterocycles. The van der Waals surface area contributed by atoms with Gasteiger partial charge in [-0.3, -0.25) is 4.79 Å². The molecule has 3 aliphatic rings. The predicted molar refractivity (Wildman–Crippen MR) is 87.5 cm³/mol. The summed E-state index contributed by atoms with van der Waals surface area (Å²) in [5.41, 5.74) is 0. The van der Waals surface area contributed by atoms with Gasteiger partial charge in [0.15, 0.2) is 0 Å². The van der Waals surface area contributed by atoms with Crippen LogP contribution >= 0.6 is 23.4 Å². The molecule has 112 valence electrons. The maximum Gasteiger partial charge on any atom is 0.244 e. The number of hydrogen-bond donors (Lipinski definition) is 1. The second kappa shape index (κ2) is 6.86. The van der Waals surface area contributed by atoms with E-state index < -0.39 is 0 Å².